The molecular weight excluding hydrogens is 230 g/mol. The molecule has 2 aliphatic rings. The lowest BCUT2D eigenvalue weighted by atomic mass is 9.95. The third kappa shape index (κ3) is 2.42. The Morgan fingerprint density at radius 3 is 2.78 bits per heavy atom. The maximum atomic E-state index is 9.30. The van der Waals surface area contributed by atoms with Gasteiger partial charge in [-0.1, -0.05) is 0 Å². The van der Waals surface area contributed by atoms with Crippen molar-refractivity contribution in [2.24, 2.45) is 11.8 Å². The monoisotopic (exact) mass is 251 g/mol. The molecule has 1 N–H and O–H groups in total. The summed E-state index contributed by atoms with van der Waals surface area (Å²) in [6.07, 6.45) is 5.25. The molecule has 1 saturated heterocycles. The Bertz CT molecular complexity index is 399. The normalized spacial score (nSPS) is 25.1. The van der Waals surface area contributed by atoms with Gasteiger partial charge in [-0.15, -0.1) is 10.2 Å². The van der Waals surface area contributed by atoms with Gasteiger partial charge in [0.1, 0.15) is 11.6 Å². The van der Waals surface area contributed by atoms with Crippen molar-refractivity contribution in [3.63, 3.8) is 0 Å². The first-order valence-corrected chi connectivity index (χ1v) is 6.96. The largest absolute Gasteiger partial charge is 0.396 e. The van der Waals surface area contributed by atoms with E-state index in [9.17, 15) is 5.11 Å². The van der Waals surface area contributed by atoms with Gasteiger partial charge in [0, 0.05) is 45.1 Å². The molecule has 0 amide bonds. The second-order valence-electron chi connectivity index (χ2n) is 5.49. The highest BCUT2D eigenvalue weighted by Crippen LogP contribution is 2.23. The van der Waals surface area contributed by atoms with Crippen LogP contribution in [0.4, 0.5) is 0 Å². The maximum Gasteiger partial charge on any atom is 0.133 e. The quantitative estimate of drug-likeness (QED) is 0.863. The first kappa shape index (κ1) is 12.1. The van der Waals surface area contributed by atoms with Crippen LogP contribution in [0.5, 0.6) is 0 Å². The van der Waals surface area contributed by atoms with E-state index in [0.29, 0.717) is 11.8 Å². The Morgan fingerprint density at radius 2 is 2.00 bits per heavy atom. The molecule has 18 heavy (non-hydrogen) atoms. The predicted octanol–water partition coefficient (Wildman–Crippen LogP) is 0.802. The number of nitrogens with zero attached hydrogens (tertiary/aromatic N) is 3. The van der Waals surface area contributed by atoms with Crippen LogP contribution in [0, 0.1) is 11.8 Å². The molecule has 0 saturated carbocycles. The SMILES string of the molecule is OCC1CCc2nnc(CC3CCOCC3)n2C1. The van der Waals surface area contributed by atoms with E-state index in [2.05, 4.69) is 14.8 Å². The lowest BCUT2D eigenvalue weighted by molar-refractivity contribution is 0.0655. The van der Waals surface area contributed by atoms with Crippen molar-refractivity contribution in [3.8, 4) is 0 Å². The molecule has 0 aliphatic carbocycles. The maximum absolute atomic E-state index is 9.30. The summed E-state index contributed by atoms with van der Waals surface area (Å²) in [6.45, 7) is 2.92. The highest BCUT2D eigenvalue weighted by atomic mass is 16.5. The van der Waals surface area contributed by atoms with Crippen LogP contribution < -0.4 is 0 Å². The molecule has 0 radical (unpaired) electrons. The zero-order chi connectivity index (χ0) is 12.4. The second kappa shape index (κ2) is 5.36. The first-order chi connectivity index (χ1) is 8.86. The molecule has 2 aliphatic heterocycles. The summed E-state index contributed by atoms with van der Waals surface area (Å²) in [5.41, 5.74) is 0. The standard InChI is InChI=1S/C13H21N3O2/c17-9-11-1-2-12-14-15-13(16(12)8-11)7-10-3-5-18-6-4-10/h10-11,17H,1-9H2. The third-order valence-electron chi connectivity index (χ3n) is 4.19. The van der Waals surface area contributed by atoms with Crippen molar-refractivity contribution >= 4 is 0 Å². The highest BCUT2D eigenvalue weighted by Gasteiger charge is 2.24. The summed E-state index contributed by atoms with van der Waals surface area (Å²) in [4.78, 5) is 0. The summed E-state index contributed by atoms with van der Waals surface area (Å²) in [7, 11) is 0. The third-order valence-corrected chi connectivity index (χ3v) is 4.19. The minimum absolute atomic E-state index is 0.272. The van der Waals surface area contributed by atoms with Gasteiger partial charge in [0.25, 0.3) is 0 Å². The van der Waals surface area contributed by atoms with E-state index in [-0.39, 0.29) is 6.61 Å². The Balaban J connectivity index is 1.71. The smallest absolute Gasteiger partial charge is 0.133 e. The summed E-state index contributed by atoms with van der Waals surface area (Å²) < 4.78 is 7.63. The number of fused-ring (bicyclic) bond motifs is 1. The molecule has 3 rings (SSSR count). The van der Waals surface area contributed by atoms with Crippen molar-refractivity contribution in [1.29, 1.82) is 0 Å². The van der Waals surface area contributed by atoms with Crippen molar-refractivity contribution < 1.29 is 9.84 Å². The van der Waals surface area contributed by atoms with Crippen molar-refractivity contribution in [1.82, 2.24) is 14.8 Å². The average molecular weight is 251 g/mol. The molecule has 0 aromatic carbocycles. The predicted molar refractivity (Wildman–Crippen MR) is 66.2 cm³/mol. The van der Waals surface area contributed by atoms with E-state index in [4.69, 9.17) is 4.74 Å². The number of aromatic nitrogens is 3. The van der Waals surface area contributed by atoms with Crippen LogP contribution in [0.1, 0.15) is 30.9 Å². The minimum Gasteiger partial charge on any atom is -0.396 e. The zero-order valence-corrected chi connectivity index (χ0v) is 10.7. The summed E-state index contributed by atoms with van der Waals surface area (Å²) >= 11 is 0. The van der Waals surface area contributed by atoms with Gasteiger partial charge in [-0.3, -0.25) is 0 Å². The van der Waals surface area contributed by atoms with Crippen LogP contribution >= 0.6 is 0 Å². The molecule has 0 bridgehead atoms. The number of aliphatic hydroxyl groups excluding tert-OH is 1. The molecular formula is C13H21N3O2. The first-order valence-electron chi connectivity index (χ1n) is 6.96. The van der Waals surface area contributed by atoms with Gasteiger partial charge in [0.2, 0.25) is 0 Å². The van der Waals surface area contributed by atoms with E-state index >= 15 is 0 Å². The summed E-state index contributed by atoms with van der Waals surface area (Å²) in [5, 5.41) is 17.9. The molecule has 5 nitrogen and oxygen atoms in total. The molecule has 0 spiro atoms. The van der Waals surface area contributed by atoms with Gasteiger partial charge in [-0.2, -0.15) is 0 Å². The fourth-order valence-corrected chi connectivity index (χ4v) is 2.96. The van der Waals surface area contributed by atoms with E-state index in [0.717, 1.165) is 63.5 Å². The fraction of sp³-hybridized carbons (Fsp3) is 0.846. The lowest BCUT2D eigenvalue weighted by Crippen LogP contribution is -2.26. The Kier molecular flexibility index (Phi) is 3.61. The molecule has 1 unspecified atom stereocenters. The van der Waals surface area contributed by atoms with Gasteiger partial charge >= 0.3 is 0 Å². The number of hydrogen-bond donors (Lipinski definition) is 1. The van der Waals surface area contributed by atoms with Crippen LogP contribution in [0.3, 0.4) is 0 Å². The van der Waals surface area contributed by atoms with Gasteiger partial charge in [0.05, 0.1) is 0 Å². The Labute approximate surface area is 107 Å². The van der Waals surface area contributed by atoms with Crippen LogP contribution in [-0.4, -0.2) is 39.7 Å². The topological polar surface area (TPSA) is 60.2 Å². The Hall–Kier alpha value is -0.940. The van der Waals surface area contributed by atoms with Crippen LogP contribution in [0.15, 0.2) is 0 Å². The molecule has 1 aromatic heterocycles. The fourth-order valence-electron chi connectivity index (χ4n) is 2.96. The minimum atomic E-state index is 0.272. The number of ether oxygens (including phenoxy) is 1. The van der Waals surface area contributed by atoms with Gasteiger partial charge < -0.3 is 14.4 Å². The van der Waals surface area contributed by atoms with Gasteiger partial charge in [0.15, 0.2) is 0 Å². The molecule has 1 atom stereocenters. The molecule has 1 aromatic rings. The van der Waals surface area contributed by atoms with Crippen molar-refractivity contribution in [2.45, 2.75) is 38.6 Å². The number of aryl methyl sites for hydroxylation is 1. The highest BCUT2D eigenvalue weighted by molar-refractivity contribution is 5.01. The van der Waals surface area contributed by atoms with E-state index in [1.54, 1.807) is 0 Å². The summed E-state index contributed by atoms with van der Waals surface area (Å²) in [6, 6.07) is 0. The Morgan fingerprint density at radius 1 is 1.17 bits per heavy atom. The summed E-state index contributed by atoms with van der Waals surface area (Å²) in [5.74, 6) is 3.26. The molecule has 5 heteroatoms. The van der Waals surface area contributed by atoms with E-state index < -0.39 is 0 Å². The van der Waals surface area contributed by atoms with Gasteiger partial charge in [-0.05, 0) is 25.2 Å². The van der Waals surface area contributed by atoms with Gasteiger partial charge in [-0.25, -0.2) is 0 Å². The number of aliphatic hydroxyl groups is 1. The van der Waals surface area contributed by atoms with Crippen LogP contribution in [-0.2, 0) is 24.1 Å². The van der Waals surface area contributed by atoms with Crippen molar-refractivity contribution in [3.05, 3.63) is 11.6 Å². The van der Waals surface area contributed by atoms with Crippen LogP contribution in [0.25, 0.3) is 0 Å². The lowest BCUT2D eigenvalue weighted by Gasteiger charge is -2.25. The molecule has 1 fully saturated rings. The van der Waals surface area contributed by atoms with E-state index in [1.165, 1.54) is 0 Å². The number of hydrogen-bond acceptors (Lipinski definition) is 4. The zero-order valence-electron chi connectivity index (χ0n) is 10.7. The average Bonchev–Trinajstić information content (AvgIpc) is 2.82. The van der Waals surface area contributed by atoms with Crippen LogP contribution in [0.2, 0.25) is 0 Å². The molecule has 3 heterocycles. The molecule has 100 valence electrons. The van der Waals surface area contributed by atoms with E-state index in [1.807, 2.05) is 0 Å². The van der Waals surface area contributed by atoms with Crippen molar-refractivity contribution in [2.75, 3.05) is 19.8 Å². The second-order valence-corrected chi connectivity index (χ2v) is 5.49. The number of rotatable bonds is 3.